The molecule has 0 aliphatic heterocycles. The molecule has 1 aromatic carbocycles. The molecule has 5 nitrogen and oxygen atoms in total. The topological polar surface area (TPSA) is 83.5 Å². The van der Waals surface area contributed by atoms with Crippen molar-refractivity contribution in [2.24, 2.45) is 5.92 Å². The van der Waals surface area contributed by atoms with E-state index in [-0.39, 0.29) is 4.90 Å². The van der Waals surface area contributed by atoms with Crippen molar-refractivity contribution < 1.29 is 18.3 Å². The van der Waals surface area contributed by atoms with Gasteiger partial charge in [0, 0.05) is 0 Å². The first-order valence-corrected chi connectivity index (χ1v) is 7.60. The van der Waals surface area contributed by atoms with Gasteiger partial charge in [-0.2, -0.15) is 4.72 Å². The maximum Gasteiger partial charge on any atom is 0.318 e. The van der Waals surface area contributed by atoms with Crippen LogP contribution in [-0.4, -0.2) is 26.0 Å². The van der Waals surface area contributed by atoms with Gasteiger partial charge in [0.2, 0.25) is 10.0 Å². The van der Waals surface area contributed by atoms with Crippen LogP contribution in [0.15, 0.2) is 29.2 Å². The molecule has 0 saturated heterocycles. The van der Waals surface area contributed by atoms with Crippen molar-refractivity contribution in [3.05, 3.63) is 29.8 Å². The molecule has 19 heavy (non-hydrogen) atoms. The Hall–Kier alpha value is -1.40. The van der Waals surface area contributed by atoms with Crippen LogP contribution in [0.2, 0.25) is 0 Å². The molecule has 106 valence electrons. The van der Waals surface area contributed by atoms with Crippen molar-refractivity contribution in [3.63, 3.8) is 0 Å². The lowest BCUT2D eigenvalue weighted by molar-refractivity contribution is -0.135. The van der Waals surface area contributed by atoms with E-state index in [4.69, 9.17) is 5.11 Å². The third-order valence-electron chi connectivity index (χ3n) is 2.66. The molecule has 0 amide bonds. The smallest absolute Gasteiger partial charge is 0.318 e. The first-order valence-electron chi connectivity index (χ1n) is 6.11. The molecular weight excluding hydrogens is 266 g/mol. The summed E-state index contributed by atoms with van der Waals surface area (Å²) in [6.07, 6.45) is 1.95. The van der Waals surface area contributed by atoms with Crippen LogP contribution in [0.5, 0.6) is 0 Å². The van der Waals surface area contributed by atoms with Gasteiger partial charge in [-0.3, -0.25) is 4.79 Å². The zero-order valence-electron chi connectivity index (χ0n) is 11.1. The number of carbonyl (C=O) groups is 1. The molecule has 0 aromatic heterocycles. The van der Waals surface area contributed by atoms with Gasteiger partial charge < -0.3 is 5.11 Å². The number of carboxylic acids is 1. The predicted molar refractivity (Wildman–Crippen MR) is 72.4 cm³/mol. The van der Waals surface area contributed by atoms with Gasteiger partial charge in [0.05, 0.1) is 4.90 Å². The van der Waals surface area contributed by atoms with Crippen LogP contribution in [0.25, 0.3) is 0 Å². The highest BCUT2D eigenvalue weighted by molar-refractivity contribution is 7.89. The molecule has 0 saturated carbocycles. The summed E-state index contributed by atoms with van der Waals surface area (Å²) in [5.41, 5.74) is 1.07. The Labute approximate surface area is 113 Å². The second-order valence-corrected chi connectivity index (χ2v) is 6.56. The summed E-state index contributed by atoms with van der Waals surface area (Å²) in [7, 11) is -3.73. The SMILES string of the molecule is CC(C)CCc1ccc(S(=O)(=O)NCC(=O)O)cc1. The lowest BCUT2D eigenvalue weighted by atomic mass is 10.0. The summed E-state index contributed by atoms with van der Waals surface area (Å²) in [5, 5.41) is 8.46. The number of sulfonamides is 1. The van der Waals surface area contributed by atoms with Crippen LogP contribution in [0, 0.1) is 5.92 Å². The largest absolute Gasteiger partial charge is 0.480 e. The fourth-order valence-corrected chi connectivity index (χ4v) is 2.51. The summed E-state index contributed by atoms with van der Waals surface area (Å²) < 4.78 is 25.5. The molecule has 0 unspecified atom stereocenters. The number of hydrogen-bond donors (Lipinski definition) is 2. The molecule has 0 bridgehead atoms. The van der Waals surface area contributed by atoms with Gasteiger partial charge in [0.1, 0.15) is 6.54 Å². The Balaban J connectivity index is 2.72. The maximum absolute atomic E-state index is 11.7. The zero-order valence-corrected chi connectivity index (χ0v) is 11.9. The average Bonchev–Trinajstić information content (AvgIpc) is 2.34. The van der Waals surface area contributed by atoms with Crippen molar-refractivity contribution in [2.45, 2.75) is 31.6 Å². The quantitative estimate of drug-likeness (QED) is 0.797. The molecule has 0 fully saturated rings. The first kappa shape index (κ1) is 15.7. The van der Waals surface area contributed by atoms with Crippen molar-refractivity contribution in [2.75, 3.05) is 6.54 Å². The summed E-state index contributed by atoms with van der Waals surface area (Å²) in [6.45, 7) is 3.65. The number of carboxylic acid groups (broad SMARTS) is 1. The van der Waals surface area contributed by atoms with E-state index in [9.17, 15) is 13.2 Å². The van der Waals surface area contributed by atoms with Crippen LogP contribution >= 0.6 is 0 Å². The van der Waals surface area contributed by atoms with Gasteiger partial charge in [-0.25, -0.2) is 8.42 Å². The van der Waals surface area contributed by atoms with Crippen molar-refractivity contribution in [3.8, 4) is 0 Å². The van der Waals surface area contributed by atoms with Crippen LogP contribution in [0.4, 0.5) is 0 Å². The van der Waals surface area contributed by atoms with E-state index in [1.807, 2.05) is 4.72 Å². The standard InChI is InChI=1S/C13H19NO4S/c1-10(2)3-4-11-5-7-12(8-6-11)19(17,18)14-9-13(15)16/h5-8,10,14H,3-4,9H2,1-2H3,(H,15,16). The Kier molecular flexibility index (Phi) is 5.50. The van der Waals surface area contributed by atoms with E-state index in [1.54, 1.807) is 12.1 Å². The van der Waals surface area contributed by atoms with Gasteiger partial charge >= 0.3 is 5.97 Å². The molecule has 1 aromatic rings. The molecule has 0 heterocycles. The van der Waals surface area contributed by atoms with Crippen LogP contribution in [0.3, 0.4) is 0 Å². The van der Waals surface area contributed by atoms with Crippen molar-refractivity contribution >= 4 is 16.0 Å². The number of aryl methyl sites for hydroxylation is 1. The van der Waals surface area contributed by atoms with E-state index in [1.165, 1.54) is 12.1 Å². The normalized spacial score (nSPS) is 11.7. The maximum atomic E-state index is 11.7. The van der Waals surface area contributed by atoms with Gasteiger partial charge in [-0.15, -0.1) is 0 Å². The van der Waals surface area contributed by atoms with E-state index in [0.717, 1.165) is 18.4 Å². The van der Waals surface area contributed by atoms with E-state index in [2.05, 4.69) is 13.8 Å². The molecule has 0 spiro atoms. The molecule has 0 radical (unpaired) electrons. The second-order valence-electron chi connectivity index (χ2n) is 4.79. The van der Waals surface area contributed by atoms with E-state index < -0.39 is 22.5 Å². The minimum Gasteiger partial charge on any atom is -0.480 e. The summed E-state index contributed by atoms with van der Waals surface area (Å²) in [4.78, 5) is 10.4. The molecule has 0 atom stereocenters. The zero-order chi connectivity index (χ0) is 14.5. The molecule has 6 heteroatoms. The fraction of sp³-hybridized carbons (Fsp3) is 0.462. The lowest BCUT2D eigenvalue weighted by Crippen LogP contribution is -2.29. The summed E-state index contributed by atoms with van der Waals surface area (Å²) >= 11 is 0. The summed E-state index contributed by atoms with van der Waals surface area (Å²) in [5.74, 6) is -0.613. The van der Waals surface area contributed by atoms with Gasteiger partial charge in [-0.1, -0.05) is 26.0 Å². The second kappa shape index (κ2) is 6.68. The molecule has 1 rings (SSSR count). The Morgan fingerprint density at radius 2 is 1.84 bits per heavy atom. The molecule has 2 N–H and O–H groups in total. The van der Waals surface area contributed by atoms with E-state index >= 15 is 0 Å². The number of rotatable bonds is 7. The third kappa shape index (κ3) is 5.40. The van der Waals surface area contributed by atoms with E-state index in [0.29, 0.717) is 5.92 Å². The average molecular weight is 285 g/mol. The number of nitrogens with one attached hydrogen (secondary N) is 1. The highest BCUT2D eigenvalue weighted by Gasteiger charge is 2.14. The van der Waals surface area contributed by atoms with Gasteiger partial charge in [0.15, 0.2) is 0 Å². The molecular formula is C13H19NO4S. The minimum absolute atomic E-state index is 0.0852. The minimum atomic E-state index is -3.73. The Morgan fingerprint density at radius 3 is 2.32 bits per heavy atom. The van der Waals surface area contributed by atoms with Crippen LogP contribution in [0.1, 0.15) is 25.8 Å². The third-order valence-corrected chi connectivity index (χ3v) is 4.07. The first-order chi connectivity index (χ1) is 8.81. The Morgan fingerprint density at radius 1 is 1.26 bits per heavy atom. The lowest BCUT2D eigenvalue weighted by Gasteiger charge is -2.07. The molecule has 0 aliphatic rings. The van der Waals surface area contributed by atoms with Gasteiger partial charge in [0.25, 0.3) is 0 Å². The highest BCUT2D eigenvalue weighted by atomic mass is 32.2. The van der Waals surface area contributed by atoms with Crippen molar-refractivity contribution in [1.82, 2.24) is 4.72 Å². The monoisotopic (exact) mass is 285 g/mol. The van der Waals surface area contributed by atoms with Crippen LogP contribution < -0.4 is 4.72 Å². The fourth-order valence-electron chi connectivity index (χ4n) is 1.53. The predicted octanol–water partition coefficient (Wildman–Crippen LogP) is 1.64. The molecule has 0 aliphatic carbocycles. The van der Waals surface area contributed by atoms with Crippen LogP contribution in [-0.2, 0) is 21.2 Å². The Bertz CT molecular complexity index is 520. The van der Waals surface area contributed by atoms with Crippen molar-refractivity contribution in [1.29, 1.82) is 0 Å². The highest BCUT2D eigenvalue weighted by Crippen LogP contribution is 2.13. The van der Waals surface area contributed by atoms with Gasteiger partial charge in [-0.05, 0) is 36.5 Å². The number of benzene rings is 1. The number of hydrogen-bond acceptors (Lipinski definition) is 3. The number of aliphatic carboxylic acids is 1. The summed E-state index contributed by atoms with van der Waals surface area (Å²) in [6, 6.07) is 6.52.